The third kappa shape index (κ3) is 2.99. The molecule has 0 aliphatic carbocycles. The van der Waals surface area contributed by atoms with Crippen molar-refractivity contribution in [2.75, 3.05) is 32.3 Å². The van der Waals surface area contributed by atoms with Crippen LogP contribution in [0.4, 0.5) is 5.69 Å². The van der Waals surface area contributed by atoms with Crippen molar-refractivity contribution in [2.24, 2.45) is 0 Å². The molecule has 20 heavy (non-hydrogen) atoms. The number of hydrogen-bond acceptors (Lipinski definition) is 4. The highest BCUT2D eigenvalue weighted by Crippen LogP contribution is 2.29. The molecule has 0 radical (unpaired) electrons. The van der Waals surface area contributed by atoms with Crippen molar-refractivity contribution in [2.45, 2.75) is 19.3 Å². The molecule has 0 N–H and O–H groups in total. The topological polar surface area (TPSA) is 55.8 Å². The van der Waals surface area contributed by atoms with E-state index in [1.807, 2.05) is 6.07 Å². The zero-order chi connectivity index (χ0) is 14.5. The van der Waals surface area contributed by atoms with Gasteiger partial charge in [-0.2, -0.15) is 0 Å². The van der Waals surface area contributed by atoms with Crippen molar-refractivity contribution < 1.29 is 19.1 Å². The number of carbonyl (C=O) groups excluding carboxylic acids is 2. The van der Waals surface area contributed by atoms with E-state index in [0.717, 1.165) is 24.1 Å². The van der Waals surface area contributed by atoms with Crippen molar-refractivity contribution in [1.82, 2.24) is 0 Å². The van der Waals surface area contributed by atoms with Gasteiger partial charge in [0.15, 0.2) is 0 Å². The van der Waals surface area contributed by atoms with Gasteiger partial charge in [0.1, 0.15) is 0 Å². The molecule has 1 amide bonds. The molecule has 0 fully saturated rings. The summed E-state index contributed by atoms with van der Waals surface area (Å²) in [5, 5.41) is 0. The maximum Gasteiger partial charge on any atom is 0.337 e. The standard InChI is InChI=1S/C15H19NO4/c1-19-9-3-8-16-13-10-12(15(18)20-2)5-4-11(13)6-7-14(16)17/h4-5,10H,3,6-9H2,1-2H3. The van der Waals surface area contributed by atoms with E-state index in [0.29, 0.717) is 25.1 Å². The molecular weight excluding hydrogens is 258 g/mol. The average Bonchev–Trinajstić information content (AvgIpc) is 2.48. The lowest BCUT2D eigenvalue weighted by Crippen LogP contribution is -2.36. The molecule has 0 aromatic heterocycles. The SMILES string of the molecule is COCCCN1C(=O)CCc2ccc(C(=O)OC)cc21. The lowest BCUT2D eigenvalue weighted by Gasteiger charge is -2.29. The lowest BCUT2D eigenvalue weighted by molar-refractivity contribution is -0.118. The zero-order valence-electron chi connectivity index (χ0n) is 11.8. The van der Waals surface area contributed by atoms with Gasteiger partial charge in [-0.15, -0.1) is 0 Å². The summed E-state index contributed by atoms with van der Waals surface area (Å²) in [7, 11) is 2.99. The van der Waals surface area contributed by atoms with Gasteiger partial charge in [0.05, 0.1) is 12.7 Å². The molecule has 1 aliphatic heterocycles. The van der Waals surface area contributed by atoms with Crippen LogP contribution in [-0.4, -0.2) is 39.2 Å². The summed E-state index contributed by atoms with van der Waals surface area (Å²) < 4.78 is 9.75. The fourth-order valence-corrected chi connectivity index (χ4v) is 2.39. The minimum atomic E-state index is -0.386. The number of hydrogen-bond donors (Lipinski definition) is 0. The molecule has 5 nitrogen and oxygen atoms in total. The molecule has 0 bridgehead atoms. The largest absolute Gasteiger partial charge is 0.465 e. The van der Waals surface area contributed by atoms with Crippen LogP contribution < -0.4 is 4.90 Å². The highest BCUT2D eigenvalue weighted by molar-refractivity contribution is 5.98. The van der Waals surface area contributed by atoms with Crippen LogP contribution in [0, 0.1) is 0 Å². The average molecular weight is 277 g/mol. The van der Waals surface area contributed by atoms with Crippen LogP contribution in [0.15, 0.2) is 18.2 Å². The monoisotopic (exact) mass is 277 g/mol. The van der Waals surface area contributed by atoms with Gasteiger partial charge >= 0.3 is 5.97 Å². The van der Waals surface area contributed by atoms with E-state index in [-0.39, 0.29) is 11.9 Å². The Bertz CT molecular complexity index is 513. The minimum Gasteiger partial charge on any atom is -0.465 e. The maximum absolute atomic E-state index is 12.1. The highest BCUT2D eigenvalue weighted by atomic mass is 16.5. The number of amides is 1. The Hall–Kier alpha value is -1.88. The van der Waals surface area contributed by atoms with Gasteiger partial charge in [-0.1, -0.05) is 6.07 Å². The molecule has 108 valence electrons. The van der Waals surface area contributed by atoms with E-state index >= 15 is 0 Å². The van der Waals surface area contributed by atoms with Crippen molar-refractivity contribution >= 4 is 17.6 Å². The van der Waals surface area contributed by atoms with Gasteiger partial charge in [0, 0.05) is 32.4 Å². The Kier molecular flexibility index (Phi) is 4.74. The zero-order valence-corrected chi connectivity index (χ0v) is 11.8. The number of aryl methyl sites for hydroxylation is 1. The van der Waals surface area contributed by atoms with E-state index < -0.39 is 0 Å². The smallest absolute Gasteiger partial charge is 0.337 e. The number of carbonyl (C=O) groups is 2. The second kappa shape index (κ2) is 6.52. The molecule has 0 saturated heterocycles. The van der Waals surface area contributed by atoms with E-state index in [1.165, 1.54) is 7.11 Å². The first kappa shape index (κ1) is 14.5. The Morgan fingerprint density at radius 2 is 2.10 bits per heavy atom. The molecule has 0 saturated carbocycles. The molecule has 0 atom stereocenters. The van der Waals surface area contributed by atoms with E-state index in [9.17, 15) is 9.59 Å². The molecule has 0 spiro atoms. The van der Waals surface area contributed by atoms with Crippen LogP contribution in [0.1, 0.15) is 28.8 Å². The van der Waals surface area contributed by atoms with Gasteiger partial charge in [-0.3, -0.25) is 4.79 Å². The van der Waals surface area contributed by atoms with Crippen LogP contribution >= 0.6 is 0 Å². The fraction of sp³-hybridized carbons (Fsp3) is 0.467. The van der Waals surface area contributed by atoms with Crippen LogP contribution in [0.25, 0.3) is 0 Å². The summed E-state index contributed by atoms with van der Waals surface area (Å²) >= 11 is 0. The predicted molar refractivity (Wildman–Crippen MR) is 74.9 cm³/mol. The first-order chi connectivity index (χ1) is 9.67. The third-order valence-electron chi connectivity index (χ3n) is 3.44. The van der Waals surface area contributed by atoms with Crippen molar-refractivity contribution in [3.05, 3.63) is 29.3 Å². The summed E-state index contributed by atoms with van der Waals surface area (Å²) in [4.78, 5) is 25.4. The number of esters is 1. The summed E-state index contributed by atoms with van der Waals surface area (Å²) in [6.07, 6.45) is 2.00. The normalized spacial score (nSPS) is 14.1. The van der Waals surface area contributed by atoms with Gasteiger partial charge in [-0.05, 0) is 30.5 Å². The lowest BCUT2D eigenvalue weighted by atomic mass is 9.99. The van der Waals surface area contributed by atoms with Gasteiger partial charge < -0.3 is 14.4 Å². The van der Waals surface area contributed by atoms with Crippen LogP contribution in [0.3, 0.4) is 0 Å². The maximum atomic E-state index is 12.1. The van der Waals surface area contributed by atoms with E-state index in [1.54, 1.807) is 24.1 Å². The van der Waals surface area contributed by atoms with Gasteiger partial charge in [0.2, 0.25) is 5.91 Å². The number of rotatable bonds is 5. The second-order valence-corrected chi connectivity index (χ2v) is 4.73. The highest BCUT2D eigenvalue weighted by Gasteiger charge is 2.24. The molecule has 0 unspecified atom stereocenters. The number of anilines is 1. The molecule has 1 heterocycles. The van der Waals surface area contributed by atoms with Crippen molar-refractivity contribution in [3.8, 4) is 0 Å². The number of fused-ring (bicyclic) bond motifs is 1. The fourth-order valence-electron chi connectivity index (χ4n) is 2.39. The Balaban J connectivity index is 2.27. The summed E-state index contributed by atoms with van der Waals surface area (Å²) in [6.45, 7) is 1.21. The second-order valence-electron chi connectivity index (χ2n) is 4.73. The first-order valence-corrected chi connectivity index (χ1v) is 6.68. The Morgan fingerprint density at radius 3 is 2.80 bits per heavy atom. The van der Waals surface area contributed by atoms with Crippen LogP contribution in [0.5, 0.6) is 0 Å². The quantitative estimate of drug-likeness (QED) is 0.608. The summed E-state index contributed by atoms with van der Waals surface area (Å²) in [6, 6.07) is 5.39. The molecular formula is C15H19NO4. The predicted octanol–water partition coefficient (Wildman–Crippen LogP) is 1.79. The van der Waals surface area contributed by atoms with E-state index in [4.69, 9.17) is 9.47 Å². The molecule has 5 heteroatoms. The van der Waals surface area contributed by atoms with E-state index in [2.05, 4.69) is 0 Å². The first-order valence-electron chi connectivity index (χ1n) is 6.68. The molecule has 2 rings (SSSR count). The van der Waals surface area contributed by atoms with Gasteiger partial charge in [0.25, 0.3) is 0 Å². The third-order valence-corrected chi connectivity index (χ3v) is 3.44. The summed E-state index contributed by atoms with van der Waals surface area (Å²) in [5.41, 5.74) is 2.38. The molecule has 1 aliphatic rings. The van der Waals surface area contributed by atoms with Crippen LogP contribution in [-0.2, 0) is 20.7 Å². The number of methoxy groups -OCH3 is 2. The van der Waals surface area contributed by atoms with Gasteiger partial charge in [-0.25, -0.2) is 4.79 Å². The number of benzene rings is 1. The minimum absolute atomic E-state index is 0.0932. The van der Waals surface area contributed by atoms with Crippen molar-refractivity contribution in [3.63, 3.8) is 0 Å². The molecule has 1 aromatic rings. The Morgan fingerprint density at radius 1 is 1.30 bits per heavy atom. The van der Waals surface area contributed by atoms with Crippen LogP contribution in [0.2, 0.25) is 0 Å². The molecule has 1 aromatic carbocycles. The van der Waals surface area contributed by atoms with Crippen molar-refractivity contribution in [1.29, 1.82) is 0 Å². The number of ether oxygens (including phenoxy) is 2. The number of nitrogens with zero attached hydrogens (tertiary/aromatic N) is 1. The summed E-state index contributed by atoms with van der Waals surface area (Å²) in [5.74, 6) is -0.293. The Labute approximate surface area is 118 Å².